The van der Waals surface area contributed by atoms with Crippen molar-refractivity contribution < 1.29 is 39.3 Å². The van der Waals surface area contributed by atoms with E-state index in [0.29, 0.717) is 0 Å². The normalized spacial score (nSPS) is 14.3. The number of carboxylic acids is 3. The smallest absolute Gasteiger partial charge is 0.317 e. The van der Waals surface area contributed by atoms with E-state index in [9.17, 15) is 24.0 Å². The van der Waals surface area contributed by atoms with Crippen molar-refractivity contribution in [1.29, 1.82) is 0 Å². The van der Waals surface area contributed by atoms with Gasteiger partial charge in [-0.1, -0.05) is 20.8 Å². The summed E-state index contributed by atoms with van der Waals surface area (Å²) in [6, 6.07) is -0.852. The molecule has 0 aromatic rings. The fourth-order valence-corrected chi connectivity index (χ4v) is 2.98. The van der Waals surface area contributed by atoms with E-state index < -0.39 is 64.7 Å². The maximum absolute atomic E-state index is 12.9. The second-order valence-electron chi connectivity index (χ2n) is 9.33. The van der Waals surface area contributed by atoms with Crippen molar-refractivity contribution in [1.82, 2.24) is 5.32 Å². The highest BCUT2D eigenvalue weighted by Crippen LogP contribution is 2.28. The summed E-state index contributed by atoms with van der Waals surface area (Å²) in [6.07, 6.45) is -1.12. The molecule has 0 aromatic heterocycles. The van der Waals surface area contributed by atoms with Crippen LogP contribution in [0.1, 0.15) is 67.2 Å². The third-order valence-corrected chi connectivity index (χ3v) is 4.32. The lowest BCUT2D eigenvalue weighted by Crippen LogP contribution is -2.49. The molecule has 0 amide bonds. The van der Waals surface area contributed by atoms with Gasteiger partial charge in [-0.2, -0.15) is 0 Å². The Kier molecular flexibility index (Phi) is 9.65. The van der Waals surface area contributed by atoms with Gasteiger partial charge >= 0.3 is 17.9 Å². The Morgan fingerprint density at radius 2 is 1.34 bits per heavy atom. The second-order valence-corrected chi connectivity index (χ2v) is 9.33. The minimum atomic E-state index is -1.81. The fourth-order valence-electron chi connectivity index (χ4n) is 2.98. The van der Waals surface area contributed by atoms with Gasteiger partial charge in [-0.3, -0.25) is 24.0 Å². The van der Waals surface area contributed by atoms with Crippen LogP contribution in [0.5, 0.6) is 0 Å². The number of carbonyl (C=O) groups is 5. The molecule has 0 heterocycles. The molecule has 0 radical (unpaired) electrons. The average Bonchev–Trinajstić information content (AvgIpc) is 2.51. The molecule has 0 aromatic carbocycles. The summed E-state index contributed by atoms with van der Waals surface area (Å²) in [6.45, 7) is 10.2. The third-order valence-electron chi connectivity index (χ3n) is 4.32. The van der Waals surface area contributed by atoms with E-state index in [1.54, 1.807) is 41.5 Å². The molecule has 0 fully saturated rings. The molecule has 9 nitrogen and oxygen atoms in total. The topological polar surface area (TPSA) is 158 Å². The maximum atomic E-state index is 12.9. The number of carbonyl (C=O) groups excluding carboxylic acids is 2. The Bertz CT molecular complexity index is 628. The summed E-state index contributed by atoms with van der Waals surface area (Å²) in [7, 11) is 0. The van der Waals surface area contributed by atoms with Crippen molar-refractivity contribution >= 4 is 29.5 Å². The van der Waals surface area contributed by atoms with Gasteiger partial charge in [0.15, 0.2) is 5.92 Å². The first-order chi connectivity index (χ1) is 13.0. The lowest BCUT2D eigenvalue weighted by atomic mass is 9.76. The van der Waals surface area contributed by atoms with Crippen LogP contribution >= 0.6 is 0 Å². The van der Waals surface area contributed by atoms with Gasteiger partial charge in [-0.25, -0.2) is 0 Å². The quantitative estimate of drug-likeness (QED) is 0.350. The van der Waals surface area contributed by atoms with Crippen molar-refractivity contribution in [2.45, 2.75) is 78.8 Å². The Morgan fingerprint density at radius 1 is 0.862 bits per heavy atom. The van der Waals surface area contributed by atoms with Gasteiger partial charge in [0.05, 0.1) is 6.04 Å². The van der Waals surface area contributed by atoms with Crippen LogP contribution in [0.4, 0.5) is 0 Å². The summed E-state index contributed by atoms with van der Waals surface area (Å²) in [5.74, 6) is -8.00. The summed E-state index contributed by atoms with van der Waals surface area (Å²) < 4.78 is 0. The monoisotopic (exact) mass is 415 g/mol. The molecular weight excluding hydrogens is 382 g/mol. The Labute approximate surface area is 170 Å². The van der Waals surface area contributed by atoms with Crippen molar-refractivity contribution in [3.05, 3.63) is 0 Å². The lowest BCUT2D eigenvalue weighted by Gasteiger charge is -2.30. The maximum Gasteiger partial charge on any atom is 0.317 e. The van der Waals surface area contributed by atoms with Crippen molar-refractivity contribution in [2.75, 3.05) is 0 Å². The minimum absolute atomic E-state index is 0.00313. The number of hydrogen-bond acceptors (Lipinski definition) is 6. The lowest BCUT2D eigenvalue weighted by molar-refractivity contribution is -0.156. The first kappa shape index (κ1) is 26.7. The van der Waals surface area contributed by atoms with E-state index in [4.69, 9.17) is 15.3 Å². The molecule has 0 saturated carbocycles. The summed E-state index contributed by atoms with van der Waals surface area (Å²) in [4.78, 5) is 59.2. The van der Waals surface area contributed by atoms with Gasteiger partial charge in [0, 0.05) is 29.7 Å². The summed E-state index contributed by atoms with van der Waals surface area (Å²) in [5, 5.41) is 30.3. The van der Waals surface area contributed by atoms with Crippen LogP contribution in [0.3, 0.4) is 0 Å². The number of carboxylic acid groups (broad SMARTS) is 3. The van der Waals surface area contributed by atoms with Gasteiger partial charge in [0.1, 0.15) is 11.6 Å². The molecule has 0 unspecified atom stereocenters. The molecule has 0 spiro atoms. The molecule has 0 aliphatic carbocycles. The Balaban J connectivity index is 5.71. The first-order valence-electron chi connectivity index (χ1n) is 9.47. The number of Topliss-reactive ketones (excluding diaryl/α,β-unsaturated/α-hetero) is 2. The molecular formula is C20H33NO8. The highest BCUT2D eigenvalue weighted by molar-refractivity contribution is 5.96. The van der Waals surface area contributed by atoms with Gasteiger partial charge in [0.25, 0.3) is 0 Å². The van der Waals surface area contributed by atoms with Crippen LogP contribution < -0.4 is 5.32 Å². The van der Waals surface area contributed by atoms with E-state index in [2.05, 4.69) is 5.32 Å². The number of ketones is 2. The van der Waals surface area contributed by atoms with E-state index in [0.717, 1.165) is 0 Å². The van der Waals surface area contributed by atoms with Gasteiger partial charge in [-0.15, -0.1) is 0 Å². The number of hydrogen-bond donors (Lipinski definition) is 4. The molecule has 2 atom stereocenters. The van der Waals surface area contributed by atoms with E-state index in [1.807, 2.05) is 0 Å². The van der Waals surface area contributed by atoms with Crippen LogP contribution in [0.25, 0.3) is 0 Å². The molecule has 0 saturated heterocycles. The van der Waals surface area contributed by atoms with Crippen molar-refractivity contribution in [3.63, 3.8) is 0 Å². The predicted octanol–water partition coefficient (Wildman–Crippen LogP) is 1.97. The molecule has 0 aliphatic heterocycles. The van der Waals surface area contributed by atoms with Crippen molar-refractivity contribution in [3.8, 4) is 0 Å². The van der Waals surface area contributed by atoms with E-state index in [1.165, 1.54) is 0 Å². The fraction of sp³-hybridized carbons (Fsp3) is 0.750. The van der Waals surface area contributed by atoms with Gasteiger partial charge in [-0.05, 0) is 33.6 Å². The number of nitrogens with one attached hydrogen (secondary N) is 1. The first-order valence-corrected chi connectivity index (χ1v) is 9.47. The number of aliphatic carboxylic acids is 3. The van der Waals surface area contributed by atoms with Crippen LogP contribution in [0.2, 0.25) is 0 Å². The third kappa shape index (κ3) is 10.2. The Morgan fingerprint density at radius 3 is 1.69 bits per heavy atom. The van der Waals surface area contributed by atoms with Crippen LogP contribution in [-0.2, 0) is 24.0 Å². The van der Waals surface area contributed by atoms with Gasteiger partial charge < -0.3 is 20.6 Å². The SMILES string of the molecule is CC(C)(C)N[C@@H](CCC(=O)O)C(=O)C[C@@H](CC(C(=O)O)C(=O)O)C(=O)C(C)(C)C. The van der Waals surface area contributed by atoms with Crippen LogP contribution in [0.15, 0.2) is 0 Å². The van der Waals surface area contributed by atoms with Gasteiger partial charge in [0.2, 0.25) is 0 Å². The predicted molar refractivity (Wildman–Crippen MR) is 105 cm³/mol. The highest BCUT2D eigenvalue weighted by atomic mass is 16.4. The highest BCUT2D eigenvalue weighted by Gasteiger charge is 2.38. The molecule has 0 aliphatic rings. The summed E-state index contributed by atoms with van der Waals surface area (Å²) >= 11 is 0. The van der Waals surface area contributed by atoms with E-state index >= 15 is 0 Å². The molecule has 0 bridgehead atoms. The van der Waals surface area contributed by atoms with E-state index in [-0.39, 0.29) is 19.3 Å². The van der Waals surface area contributed by atoms with Crippen molar-refractivity contribution in [2.24, 2.45) is 17.3 Å². The summed E-state index contributed by atoms with van der Waals surface area (Å²) in [5.41, 5.74) is -1.41. The Hall–Kier alpha value is -2.29. The standard InChI is InChI=1S/C20H33NO8/c1-19(2,3)16(25)11(9-12(17(26)27)18(28)29)10-14(22)13(7-8-15(23)24)21-20(4,5)6/h11-13,21H,7-10H2,1-6H3,(H,23,24)(H,26,27)(H,28,29)/t11-,13+/m1/s1. The number of rotatable bonds is 12. The zero-order valence-electron chi connectivity index (χ0n) is 17.9. The molecule has 9 heteroatoms. The second kappa shape index (κ2) is 10.5. The average molecular weight is 415 g/mol. The minimum Gasteiger partial charge on any atom is -0.481 e. The van der Waals surface area contributed by atoms with Crippen LogP contribution in [0, 0.1) is 17.3 Å². The van der Waals surface area contributed by atoms with Crippen LogP contribution in [-0.4, -0.2) is 56.4 Å². The zero-order chi connectivity index (χ0) is 23.2. The molecule has 0 rings (SSSR count). The largest absolute Gasteiger partial charge is 0.481 e. The molecule has 166 valence electrons. The zero-order valence-corrected chi connectivity index (χ0v) is 17.9. The molecule has 29 heavy (non-hydrogen) atoms. The molecule has 4 N–H and O–H groups in total.